The maximum absolute atomic E-state index is 14.4. The highest BCUT2D eigenvalue weighted by atomic mass is 19.1. The van der Waals surface area contributed by atoms with Crippen molar-refractivity contribution in [2.45, 2.75) is 33.2 Å². The minimum atomic E-state index is -0.766. The Morgan fingerprint density at radius 2 is 1.90 bits per heavy atom. The lowest BCUT2D eigenvalue weighted by atomic mass is 9.97. The molecule has 5 nitrogen and oxygen atoms in total. The van der Waals surface area contributed by atoms with Gasteiger partial charge in [-0.3, -0.25) is 4.79 Å². The van der Waals surface area contributed by atoms with Gasteiger partial charge in [-0.2, -0.15) is 5.26 Å². The van der Waals surface area contributed by atoms with Gasteiger partial charge >= 0.3 is 0 Å². The first kappa shape index (κ1) is 21.4. The molecule has 1 saturated heterocycles. The molecule has 0 aliphatic carbocycles. The Balaban J connectivity index is 1.82. The monoisotopic (exact) mass is 411 g/mol. The van der Waals surface area contributed by atoms with Crippen LogP contribution in [0.2, 0.25) is 0 Å². The van der Waals surface area contributed by atoms with Gasteiger partial charge in [0, 0.05) is 43.7 Å². The fourth-order valence-electron chi connectivity index (χ4n) is 3.93. The molecule has 0 radical (unpaired) electrons. The average Bonchev–Trinajstić information content (AvgIpc) is 2.71. The highest BCUT2D eigenvalue weighted by molar-refractivity contribution is 5.96. The molecular weight excluding hydrogens is 388 g/mol. The zero-order valence-electron chi connectivity index (χ0n) is 17.2. The summed E-state index contributed by atoms with van der Waals surface area (Å²) in [4.78, 5) is 27.5. The minimum Gasteiger partial charge on any atom is -0.365 e. The van der Waals surface area contributed by atoms with Crippen molar-refractivity contribution < 1.29 is 18.4 Å². The summed E-state index contributed by atoms with van der Waals surface area (Å²) in [5, 5.41) is 8.85. The number of nitrogens with zero attached hydrogens (tertiary/aromatic N) is 3. The van der Waals surface area contributed by atoms with Gasteiger partial charge in [-0.15, -0.1) is 0 Å². The molecule has 1 heterocycles. The van der Waals surface area contributed by atoms with E-state index in [0.717, 1.165) is 35.1 Å². The number of carbonyl (C=O) groups is 2. The molecular formula is C23H23F2N3O2. The van der Waals surface area contributed by atoms with Crippen LogP contribution in [0.3, 0.4) is 0 Å². The Morgan fingerprint density at radius 1 is 1.17 bits per heavy atom. The zero-order valence-corrected chi connectivity index (χ0v) is 17.2. The van der Waals surface area contributed by atoms with Gasteiger partial charge in [0.05, 0.1) is 11.3 Å². The van der Waals surface area contributed by atoms with Crippen molar-refractivity contribution in [2.75, 3.05) is 24.5 Å². The molecule has 2 aromatic rings. The van der Waals surface area contributed by atoms with Crippen molar-refractivity contribution in [3.05, 3.63) is 63.7 Å². The summed E-state index contributed by atoms with van der Waals surface area (Å²) in [7, 11) is 0. The van der Waals surface area contributed by atoms with E-state index in [1.165, 1.54) is 0 Å². The van der Waals surface area contributed by atoms with Crippen LogP contribution in [0.1, 0.15) is 39.5 Å². The van der Waals surface area contributed by atoms with Gasteiger partial charge in [-0.05, 0) is 49.6 Å². The van der Waals surface area contributed by atoms with Gasteiger partial charge in [0.2, 0.25) is 0 Å². The Kier molecular flexibility index (Phi) is 6.16. The number of hydrogen-bond acceptors (Lipinski definition) is 4. The maximum Gasteiger partial charge on any atom is 0.254 e. The predicted octanol–water partition coefficient (Wildman–Crippen LogP) is 3.55. The first-order chi connectivity index (χ1) is 14.3. The Hall–Kier alpha value is -3.27. The number of piperazine rings is 1. The number of aryl methyl sites for hydroxylation is 2. The number of anilines is 1. The number of benzene rings is 2. The van der Waals surface area contributed by atoms with Crippen LogP contribution in [0.4, 0.5) is 14.5 Å². The Bertz CT molecular complexity index is 1050. The van der Waals surface area contributed by atoms with Crippen LogP contribution in [-0.4, -0.2) is 42.8 Å². The van der Waals surface area contributed by atoms with Crippen molar-refractivity contribution in [3.63, 3.8) is 0 Å². The third-order valence-corrected chi connectivity index (χ3v) is 5.60. The highest BCUT2D eigenvalue weighted by Crippen LogP contribution is 2.27. The van der Waals surface area contributed by atoms with Crippen molar-refractivity contribution in [3.8, 4) is 6.07 Å². The molecule has 1 aliphatic heterocycles. The molecule has 0 saturated carbocycles. The third kappa shape index (κ3) is 4.04. The molecule has 1 atom stereocenters. The normalized spacial score (nSPS) is 16.3. The SMILES string of the molecule is Cc1cc(C)c(C(=O)N2CCN(c3cc(F)c(C#N)cc3F)C[C@H]2C)cc1CC=O. The molecule has 1 amide bonds. The van der Waals surface area contributed by atoms with E-state index in [-0.39, 0.29) is 29.6 Å². The molecule has 2 aromatic carbocycles. The summed E-state index contributed by atoms with van der Waals surface area (Å²) in [6.45, 7) is 6.65. The second-order valence-corrected chi connectivity index (χ2v) is 7.65. The van der Waals surface area contributed by atoms with Crippen LogP contribution < -0.4 is 4.90 Å². The first-order valence-corrected chi connectivity index (χ1v) is 9.75. The number of halogens is 2. The largest absolute Gasteiger partial charge is 0.365 e. The number of hydrogen-bond donors (Lipinski definition) is 0. The zero-order chi connectivity index (χ0) is 22.0. The maximum atomic E-state index is 14.4. The summed E-state index contributed by atoms with van der Waals surface area (Å²) in [6, 6.07) is 7.01. The quantitative estimate of drug-likeness (QED) is 0.722. The number of nitriles is 1. The van der Waals surface area contributed by atoms with Gasteiger partial charge in [-0.1, -0.05) is 6.07 Å². The van der Waals surface area contributed by atoms with E-state index < -0.39 is 11.6 Å². The van der Waals surface area contributed by atoms with Gasteiger partial charge < -0.3 is 14.6 Å². The van der Waals surface area contributed by atoms with Crippen LogP contribution in [0, 0.1) is 36.8 Å². The van der Waals surface area contributed by atoms with E-state index in [1.807, 2.05) is 26.8 Å². The Morgan fingerprint density at radius 3 is 2.53 bits per heavy atom. The second kappa shape index (κ2) is 8.62. The van der Waals surface area contributed by atoms with E-state index in [0.29, 0.717) is 25.2 Å². The lowest BCUT2D eigenvalue weighted by Gasteiger charge is -2.41. The highest BCUT2D eigenvalue weighted by Gasteiger charge is 2.30. The average molecular weight is 411 g/mol. The first-order valence-electron chi connectivity index (χ1n) is 9.75. The van der Waals surface area contributed by atoms with Crippen molar-refractivity contribution >= 4 is 17.9 Å². The van der Waals surface area contributed by atoms with Gasteiger partial charge in [0.1, 0.15) is 24.0 Å². The van der Waals surface area contributed by atoms with Crippen molar-refractivity contribution in [2.24, 2.45) is 0 Å². The molecule has 30 heavy (non-hydrogen) atoms. The van der Waals surface area contributed by atoms with Gasteiger partial charge in [0.15, 0.2) is 0 Å². The van der Waals surface area contributed by atoms with E-state index in [2.05, 4.69) is 0 Å². The van der Waals surface area contributed by atoms with E-state index in [4.69, 9.17) is 5.26 Å². The molecule has 156 valence electrons. The molecule has 3 rings (SSSR count). The van der Waals surface area contributed by atoms with Crippen LogP contribution in [0.25, 0.3) is 0 Å². The van der Waals surface area contributed by atoms with Crippen molar-refractivity contribution in [1.82, 2.24) is 4.90 Å². The smallest absolute Gasteiger partial charge is 0.254 e. The topological polar surface area (TPSA) is 64.4 Å². The number of amides is 1. The Labute approximate surface area is 174 Å². The molecule has 7 heteroatoms. The van der Waals surface area contributed by atoms with E-state index in [9.17, 15) is 18.4 Å². The summed E-state index contributed by atoms with van der Waals surface area (Å²) in [5.41, 5.74) is 2.92. The number of aldehydes is 1. The molecule has 0 aromatic heterocycles. The third-order valence-electron chi connectivity index (χ3n) is 5.60. The molecule has 0 spiro atoms. The minimum absolute atomic E-state index is 0.0882. The molecule has 1 aliphatic rings. The molecule has 1 fully saturated rings. The number of rotatable bonds is 4. The van der Waals surface area contributed by atoms with Crippen LogP contribution in [-0.2, 0) is 11.2 Å². The van der Waals surface area contributed by atoms with E-state index in [1.54, 1.807) is 21.9 Å². The van der Waals surface area contributed by atoms with Crippen LogP contribution in [0.5, 0.6) is 0 Å². The van der Waals surface area contributed by atoms with Gasteiger partial charge in [0.25, 0.3) is 5.91 Å². The van der Waals surface area contributed by atoms with Crippen LogP contribution >= 0.6 is 0 Å². The summed E-state index contributed by atoms with van der Waals surface area (Å²) < 4.78 is 28.4. The van der Waals surface area contributed by atoms with E-state index >= 15 is 0 Å². The summed E-state index contributed by atoms with van der Waals surface area (Å²) in [5.74, 6) is -1.57. The lowest BCUT2D eigenvalue weighted by molar-refractivity contribution is -0.107. The second-order valence-electron chi connectivity index (χ2n) is 7.65. The molecule has 0 unspecified atom stereocenters. The van der Waals surface area contributed by atoms with Gasteiger partial charge in [-0.25, -0.2) is 8.78 Å². The molecule has 0 N–H and O–H groups in total. The molecule has 0 bridgehead atoms. The summed E-state index contributed by atoms with van der Waals surface area (Å²) >= 11 is 0. The summed E-state index contributed by atoms with van der Waals surface area (Å²) in [6.07, 6.45) is 1.07. The predicted molar refractivity (Wildman–Crippen MR) is 109 cm³/mol. The van der Waals surface area contributed by atoms with Crippen molar-refractivity contribution in [1.29, 1.82) is 5.26 Å². The fourth-order valence-corrected chi connectivity index (χ4v) is 3.93. The lowest BCUT2D eigenvalue weighted by Crippen LogP contribution is -2.54. The fraction of sp³-hybridized carbons (Fsp3) is 0.348. The standard InChI is InChI=1S/C23H23F2N3O2/c1-14-8-15(2)19(9-17(14)4-7-29)23(30)28-6-5-27(13-16(28)3)22-11-20(24)18(12-26)10-21(22)25/h7-11,16H,4-6,13H2,1-3H3/t16-/m1/s1. The number of carbonyl (C=O) groups excluding carboxylic acids is 2. The van der Waals surface area contributed by atoms with Crippen LogP contribution in [0.15, 0.2) is 24.3 Å².